The molecule has 1 aliphatic heterocycles. The van der Waals surface area contributed by atoms with E-state index in [1.54, 1.807) is 6.20 Å². The van der Waals surface area contributed by atoms with Gasteiger partial charge in [-0.2, -0.15) is 4.98 Å². The van der Waals surface area contributed by atoms with Crippen molar-refractivity contribution in [3.05, 3.63) is 40.5 Å². The van der Waals surface area contributed by atoms with Gasteiger partial charge in [-0.3, -0.25) is 5.43 Å². The number of nitrogens with two attached hydrogens (primary N) is 1. The molecule has 2 aromatic rings. The number of nitrogens with one attached hydrogen (secondary N) is 2. The van der Waals surface area contributed by atoms with Gasteiger partial charge < -0.3 is 10.1 Å². The number of benzene rings is 1. The van der Waals surface area contributed by atoms with Crippen molar-refractivity contribution in [3.8, 4) is 5.75 Å². The molecule has 0 radical (unpaired) electrons. The quantitative estimate of drug-likeness (QED) is 0.590. The van der Waals surface area contributed by atoms with Gasteiger partial charge in [-0.25, -0.2) is 10.8 Å². The first-order valence-corrected chi connectivity index (χ1v) is 7.04. The Morgan fingerprint density at radius 3 is 3.05 bits per heavy atom. The van der Waals surface area contributed by atoms with E-state index >= 15 is 0 Å². The molecule has 6 nitrogen and oxygen atoms in total. The fourth-order valence-electron chi connectivity index (χ4n) is 2.19. The summed E-state index contributed by atoms with van der Waals surface area (Å²) in [5.74, 6) is 7.33. The van der Waals surface area contributed by atoms with E-state index in [-0.39, 0.29) is 6.04 Å². The molecule has 4 N–H and O–H groups in total. The lowest BCUT2D eigenvalue weighted by molar-refractivity contribution is 0.274. The highest BCUT2D eigenvalue weighted by molar-refractivity contribution is 9.10. The monoisotopic (exact) mass is 335 g/mol. The van der Waals surface area contributed by atoms with Crippen LogP contribution in [0.2, 0.25) is 0 Å². The molecule has 3 rings (SSSR count). The summed E-state index contributed by atoms with van der Waals surface area (Å²) in [5.41, 5.74) is 3.57. The molecule has 0 amide bonds. The van der Waals surface area contributed by atoms with E-state index < -0.39 is 0 Å². The van der Waals surface area contributed by atoms with E-state index in [1.807, 2.05) is 18.2 Å². The van der Waals surface area contributed by atoms with E-state index in [9.17, 15) is 0 Å². The van der Waals surface area contributed by atoms with Crippen LogP contribution < -0.4 is 21.3 Å². The number of para-hydroxylation sites is 1. The second-order valence-corrected chi connectivity index (χ2v) is 5.26. The standard InChI is InChI=1S/C13H14BrN5O/c14-9-7-16-13(19-15)18-12(9)17-10-5-6-20-11-4-2-1-3-8(10)11/h1-4,7,10H,5-6,15H2,(H2,16,17,18,19). The van der Waals surface area contributed by atoms with Crippen LogP contribution in [0.15, 0.2) is 34.9 Å². The van der Waals surface area contributed by atoms with Crippen LogP contribution in [0.25, 0.3) is 0 Å². The van der Waals surface area contributed by atoms with Gasteiger partial charge in [0, 0.05) is 18.2 Å². The number of anilines is 2. The third-order valence-corrected chi connectivity index (χ3v) is 3.72. The van der Waals surface area contributed by atoms with Crippen molar-refractivity contribution in [1.82, 2.24) is 9.97 Å². The van der Waals surface area contributed by atoms with Gasteiger partial charge in [0.25, 0.3) is 0 Å². The van der Waals surface area contributed by atoms with Gasteiger partial charge in [0.05, 0.1) is 17.1 Å². The lowest BCUT2D eigenvalue weighted by Crippen LogP contribution is -2.21. The molecule has 0 aliphatic carbocycles. The zero-order valence-electron chi connectivity index (χ0n) is 10.6. The number of fused-ring (bicyclic) bond motifs is 1. The minimum atomic E-state index is 0.150. The van der Waals surface area contributed by atoms with Crippen LogP contribution in [0.5, 0.6) is 5.75 Å². The normalized spacial score (nSPS) is 17.0. The van der Waals surface area contributed by atoms with E-state index in [0.717, 1.165) is 22.2 Å². The summed E-state index contributed by atoms with van der Waals surface area (Å²) in [5, 5.41) is 3.41. The number of aromatic nitrogens is 2. The molecule has 0 fully saturated rings. The van der Waals surface area contributed by atoms with Crippen LogP contribution in [0.3, 0.4) is 0 Å². The fourth-order valence-corrected chi connectivity index (χ4v) is 2.50. The smallest absolute Gasteiger partial charge is 0.239 e. The summed E-state index contributed by atoms with van der Waals surface area (Å²) in [7, 11) is 0. The van der Waals surface area contributed by atoms with Crippen molar-refractivity contribution in [3.63, 3.8) is 0 Å². The average molecular weight is 336 g/mol. The third-order valence-electron chi connectivity index (χ3n) is 3.14. The lowest BCUT2D eigenvalue weighted by Gasteiger charge is -2.27. The van der Waals surface area contributed by atoms with Crippen LogP contribution in [-0.2, 0) is 0 Å². The Balaban J connectivity index is 1.89. The number of nitrogens with zero attached hydrogens (tertiary/aromatic N) is 2. The molecule has 0 bridgehead atoms. The molecular formula is C13H14BrN5O. The van der Waals surface area contributed by atoms with Crippen molar-refractivity contribution in [2.45, 2.75) is 12.5 Å². The van der Waals surface area contributed by atoms with Crippen molar-refractivity contribution in [2.75, 3.05) is 17.3 Å². The van der Waals surface area contributed by atoms with Crippen LogP contribution in [0.1, 0.15) is 18.0 Å². The fraction of sp³-hybridized carbons (Fsp3) is 0.231. The van der Waals surface area contributed by atoms with Crippen molar-refractivity contribution in [1.29, 1.82) is 0 Å². The predicted molar refractivity (Wildman–Crippen MR) is 80.5 cm³/mol. The Labute approximate surface area is 124 Å². The number of halogens is 1. The molecule has 20 heavy (non-hydrogen) atoms. The molecule has 104 valence electrons. The number of hydrogen-bond donors (Lipinski definition) is 3. The van der Waals surface area contributed by atoms with Gasteiger partial charge in [-0.15, -0.1) is 0 Å². The maximum absolute atomic E-state index is 5.65. The first-order chi connectivity index (χ1) is 9.78. The maximum atomic E-state index is 5.65. The molecule has 1 aromatic carbocycles. The Bertz CT molecular complexity index is 621. The highest BCUT2D eigenvalue weighted by Gasteiger charge is 2.22. The maximum Gasteiger partial charge on any atom is 0.239 e. The SMILES string of the molecule is NNc1ncc(Br)c(NC2CCOc3ccccc32)n1. The summed E-state index contributed by atoms with van der Waals surface area (Å²) in [6.45, 7) is 0.680. The third kappa shape index (κ3) is 2.54. The molecule has 1 unspecified atom stereocenters. The van der Waals surface area contributed by atoms with Crippen molar-refractivity contribution < 1.29 is 4.74 Å². The highest BCUT2D eigenvalue weighted by Crippen LogP contribution is 2.35. The van der Waals surface area contributed by atoms with E-state index in [1.165, 1.54) is 0 Å². The number of hydrogen-bond acceptors (Lipinski definition) is 6. The molecule has 0 saturated carbocycles. The van der Waals surface area contributed by atoms with Crippen LogP contribution >= 0.6 is 15.9 Å². The zero-order chi connectivity index (χ0) is 13.9. The van der Waals surface area contributed by atoms with Crippen molar-refractivity contribution >= 4 is 27.7 Å². The second kappa shape index (κ2) is 5.64. The van der Waals surface area contributed by atoms with Crippen LogP contribution in [0.4, 0.5) is 11.8 Å². The summed E-state index contributed by atoms with van der Waals surface area (Å²) >= 11 is 3.44. The number of nitrogen functional groups attached to an aromatic ring is 1. The van der Waals surface area contributed by atoms with Crippen LogP contribution in [-0.4, -0.2) is 16.6 Å². The Morgan fingerprint density at radius 2 is 2.20 bits per heavy atom. The summed E-state index contributed by atoms with van der Waals surface area (Å²) in [6, 6.07) is 8.16. The largest absolute Gasteiger partial charge is 0.493 e. The Kier molecular flexibility index (Phi) is 3.70. The van der Waals surface area contributed by atoms with Gasteiger partial charge >= 0.3 is 0 Å². The molecule has 2 heterocycles. The predicted octanol–water partition coefficient (Wildman–Crippen LogP) is 2.46. The molecule has 0 saturated heterocycles. The van der Waals surface area contributed by atoms with Gasteiger partial charge in [0.1, 0.15) is 11.6 Å². The van der Waals surface area contributed by atoms with Gasteiger partial charge in [0.15, 0.2) is 0 Å². The van der Waals surface area contributed by atoms with Crippen LogP contribution in [0, 0.1) is 0 Å². The van der Waals surface area contributed by atoms with Crippen molar-refractivity contribution in [2.24, 2.45) is 5.84 Å². The molecule has 1 aromatic heterocycles. The number of hydrazine groups is 1. The van der Waals surface area contributed by atoms with E-state index in [2.05, 4.69) is 42.7 Å². The van der Waals surface area contributed by atoms with Gasteiger partial charge in [0.2, 0.25) is 5.95 Å². The first-order valence-electron chi connectivity index (χ1n) is 6.25. The molecule has 7 heteroatoms. The number of ether oxygens (including phenoxy) is 1. The summed E-state index contributed by atoms with van der Waals surface area (Å²) < 4.78 is 6.44. The molecule has 1 aliphatic rings. The molecule has 0 spiro atoms. The Morgan fingerprint density at radius 1 is 1.35 bits per heavy atom. The average Bonchev–Trinajstić information content (AvgIpc) is 2.50. The number of rotatable bonds is 3. The molecular weight excluding hydrogens is 322 g/mol. The minimum Gasteiger partial charge on any atom is -0.493 e. The highest BCUT2D eigenvalue weighted by atomic mass is 79.9. The summed E-state index contributed by atoms with van der Waals surface area (Å²) in [4.78, 5) is 8.35. The first kappa shape index (κ1) is 13.1. The van der Waals surface area contributed by atoms with Gasteiger partial charge in [-0.1, -0.05) is 18.2 Å². The van der Waals surface area contributed by atoms with E-state index in [0.29, 0.717) is 18.4 Å². The Hall–Kier alpha value is -1.86. The topological polar surface area (TPSA) is 85.1 Å². The molecule has 1 atom stereocenters. The minimum absolute atomic E-state index is 0.150. The lowest BCUT2D eigenvalue weighted by atomic mass is 10.0. The zero-order valence-corrected chi connectivity index (χ0v) is 12.2. The van der Waals surface area contributed by atoms with Gasteiger partial charge in [-0.05, 0) is 22.0 Å². The summed E-state index contributed by atoms with van der Waals surface area (Å²) in [6.07, 6.45) is 2.54. The second-order valence-electron chi connectivity index (χ2n) is 4.41. The van der Waals surface area contributed by atoms with E-state index in [4.69, 9.17) is 10.6 Å².